The highest BCUT2D eigenvalue weighted by molar-refractivity contribution is 8.00. The molecule has 1 saturated heterocycles. The molecule has 0 bridgehead atoms. The number of hydrogen-bond donors (Lipinski definition) is 0. The van der Waals surface area contributed by atoms with Gasteiger partial charge in [0.05, 0.1) is 5.25 Å². The van der Waals surface area contributed by atoms with Crippen molar-refractivity contribution in [1.82, 2.24) is 0 Å². The monoisotopic (exact) mass is 228 g/mol. The highest BCUT2D eigenvalue weighted by Gasteiger charge is 2.26. The van der Waals surface area contributed by atoms with Crippen molar-refractivity contribution in [1.29, 1.82) is 0 Å². The summed E-state index contributed by atoms with van der Waals surface area (Å²) in [5.74, 6) is 2.09. The van der Waals surface area contributed by atoms with Gasteiger partial charge in [0.2, 0.25) is 0 Å². The number of carbonyl (C=O) groups excluding carboxylic acids is 1. The molecule has 0 amide bonds. The summed E-state index contributed by atoms with van der Waals surface area (Å²) in [4.78, 5) is 12.2. The van der Waals surface area contributed by atoms with Crippen molar-refractivity contribution in [3.8, 4) is 0 Å². The molecule has 2 atom stereocenters. The quantitative estimate of drug-likeness (QED) is 0.682. The van der Waals surface area contributed by atoms with Gasteiger partial charge in [-0.25, -0.2) is 0 Å². The van der Waals surface area contributed by atoms with Crippen LogP contribution in [-0.2, 0) is 4.79 Å². The summed E-state index contributed by atoms with van der Waals surface area (Å²) in [7, 11) is 0. The predicted octanol–water partition coefficient (Wildman–Crippen LogP) is 4.06. The van der Waals surface area contributed by atoms with Gasteiger partial charge in [-0.2, -0.15) is 11.8 Å². The first kappa shape index (κ1) is 13.1. The summed E-state index contributed by atoms with van der Waals surface area (Å²) in [5.41, 5.74) is 0. The van der Waals surface area contributed by atoms with E-state index in [1.54, 1.807) is 0 Å². The summed E-state index contributed by atoms with van der Waals surface area (Å²) in [6, 6.07) is 0. The van der Waals surface area contributed by atoms with Crippen LogP contribution in [0.25, 0.3) is 0 Å². The Labute approximate surface area is 98.4 Å². The van der Waals surface area contributed by atoms with Crippen molar-refractivity contribution in [3.05, 3.63) is 0 Å². The molecule has 1 aliphatic heterocycles. The average Bonchev–Trinajstić information content (AvgIpc) is 2.31. The summed E-state index contributed by atoms with van der Waals surface area (Å²) in [6.07, 6.45) is 8.27. The lowest BCUT2D eigenvalue weighted by molar-refractivity contribution is -0.122. The lowest BCUT2D eigenvalue weighted by atomic mass is 9.91. The van der Waals surface area contributed by atoms with Crippen LogP contribution in [0.5, 0.6) is 0 Å². The molecule has 15 heavy (non-hydrogen) atoms. The molecule has 1 rings (SSSR count). The Morgan fingerprint density at radius 2 is 2.20 bits per heavy atom. The van der Waals surface area contributed by atoms with Gasteiger partial charge in [-0.1, -0.05) is 33.1 Å². The number of rotatable bonds is 6. The number of hydrogen-bond acceptors (Lipinski definition) is 2. The van der Waals surface area contributed by atoms with Gasteiger partial charge in [0.15, 0.2) is 0 Å². The van der Waals surface area contributed by atoms with E-state index in [0.29, 0.717) is 17.0 Å². The second-order valence-electron chi connectivity index (χ2n) is 4.50. The lowest BCUT2D eigenvalue weighted by Crippen LogP contribution is -2.27. The van der Waals surface area contributed by atoms with E-state index < -0.39 is 0 Å². The van der Waals surface area contributed by atoms with Crippen molar-refractivity contribution in [2.24, 2.45) is 5.92 Å². The lowest BCUT2D eigenvalue weighted by Gasteiger charge is -2.24. The van der Waals surface area contributed by atoms with Crippen molar-refractivity contribution in [3.63, 3.8) is 0 Å². The molecule has 0 radical (unpaired) electrons. The Hall–Kier alpha value is 0.0200. The fourth-order valence-corrected chi connectivity index (χ4v) is 3.57. The third-order valence-corrected chi connectivity index (χ3v) is 4.69. The highest BCUT2D eigenvalue weighted by atomic mass is 32.2. The molecule has 0 N–H and O–H groups in total. The maximum absolute atomic E-state index is 12.2. The van der Waals surface area contributed by atoms with E-state index in [0.717, 1.165) is 19.3 Å². The van der Waals surface area contributed by atoms with Crippen molar-refractivity contribution in [2.45, 2.75) is 64.0 Å². The van der Waals surface area contributed by atoms with E-state index in [9.17, 15) is 4.79 Å². The predicted molar refractivity (Wildman–Crippen MR) is 68.4 cm³/mol. The van der Waals surface area contributed by atoms with Crippen LogP contribution >= 0.6 is 11.8 Å². The SMILES string of the molecule is CCCCC(CC)C(=O)C1CCCCS1. The van der Waals surface area contributed by atoms with Gasteiger partial charge in [-0.05, 0) is 31.4 Å². The first-order chi connectivity index (χ1) is 7.29. The van der Waals surface area contributed by atoms with Gasteiger partial charge in [0.25, 0.3) is 0 Å². The van der Waals surface area contributed by atoms with E-state index in [4.69, 9.17) is 0 Å². The van der Waals surface area contributed by atoms with Crippen LogP contribution in [0.4, 0.5) is 0 Å². The molecule has 2 heteroatoms. The van der Waals surface area contributed by atoms with Crippen LogP contribution in [0.15, 0.2) is 0 Å². The molecule has 0 spiro atoms. The topological polar surface area (TPSA) is 17.1 Å². The largest absolute Gasteiger partial charge is 0.298 e. The van der Waals surface area contributed by atoms with Gasteiger partial charge < -0.3 is 0 Å². The Kier molecular flexibility index (Phi) is 6.39. The van der Waals surface area contributed by atoms with E-state index in [2.05, 4.69) is 13.8 Å². The molecule has 0 aromatic rings. The van der Waals surface area contributed by atoms with Crippen LogP contribution in [0.1, 0.15) is 58.8 Å². The molecule has 1 fully saturated rings. The number of carbonyl (C=O) groups is 1. The van der Waals surface area contributed by atoms with Gasteiger partial charge in [-0.15, -0.1) is 0 Å². The maximum atomic E-state index is 12.2. The summed E-state index contributed by atoms with van der Waals surface area (Å²) >= 11 is 1.90. The van der Waals surface area contributed by atoms with E-state index in [-0.39, 0.29) is 0 Å². The molecule has 1 nitrogen and oxygen atoms in total. The smallest absolute Gasteiger partial charge is 0.148 e. The fraction of sp³-hybridized carbons (Fsp3) is 0.923. The molecule has 2 unspecified atom stereocenters. The summed E-state index contributed by atoms with van der Waals surface area (Å²) < 4.78 is 0. The first-order valence-electron chi connectivity index (χ1n) is 6.44. The number of Topliss-reactive ketones (excluding diaryl/α,β-unsaturated/α-hetero) is 1. The van der Waals surface area contributed by atoms with Gasteiger partial charge in [0, 0.05) is 5.92 Å². The van der Waals surface area contributed by atoms with E-state index >= 15 is 0 Å². The number of thioether (sulfide) groups is 1. The molecule has 1 aliphatic rings. The minimum absolute atomic E-state index is 0.334. The molecule has 0 aromatic carbocycles. The second kappa shape index (κ2) is 7.32. The van der Waals surface area contributed by atoms with Crippen LogP contribution in [0, 0.1) is 5.92 Å². The zero-order chi connectivity index (χ0) is 11.1. The molecule has 0 saturated carbocycles. The molecular formula is C13H24OS. The second-order valence-corrected chi connectivity index (χ2v) is 5.82. The van der Waals surface area contributed by atoms with Crippen molar-refractivity contribution >= 4 is 17.5 Å². The average molecular weight is 228 g/mol. The number of unbranched alkanes of at least 4 members (excludes halogenated alkanes) is 1. The highest BCUT2D eigenvalue weighted by Crippen LogP contribution is 2.29. The Balaban J connectivity index is 2.40. The van der Waals surface area contributed by atoms with Crippen molar-refractivity contribution in [2.75, 3.05) is 5.75 Å². The first-order valence-corrected chi connectivity index (χ1v) is 7.49. The Bertz CT molecular complexity index is 185. The minimum Gasteiger partial charge on any atom is -0.298 e. The molecule has 88 valence electrons. The molecule has 1 heterocycles. The van der Waals surface area contributed by atoms with Crippen LogP contribution in [-0.4, -0.2) is 16.8 Å². The third kappa shape index (κ3) is 4.18. The molecule has 0 aromatic heterocycles. The Morgan fingerprint density at radius 3 is 2.73 bits per heavy atom. The summed E-state index contributed by atoms with van der Waals surface area (Å²) in [5, 5.41) is 0.334. The summed E-state index contributed by atoms with van der Waals surface area (Å²) in [6.45, 7) is 4.36. The van der Waals surface area contributed by atoms with E-state index in [1.165, 1.54) is 31.4 Å². The molecule has 0 aliphatic carbocycles. The van der Waals surface area contributed by atoms with Crippen molar-refractivity contribution < 1.29 is 4.79 Å². The fourth-order valence-electron chi connectivity index (χ4n) is 2.23. The van der Waals surface area contributed by atoms with Gasteiger partial charge >= 0.3 is 0 Å². The van der Waals surface area contributed by atoms with E-state index in [1.807, 2.05) is 11.8 Å². The van der Waals surface area contributed by atoms with Crippen LogP contribution < -0.4 is 0 Å². The standard InChI is InChI=1S/C13H24OS/c1-3-5-8-11(4-2)13(14)12-9-6-7-10-15-12/h11-12H,3-10H2,1-2H3. The number of ketones is 1. The van der Waals surface area contributed by atoms with Crippen LogP contribution in [0.3, 0.4) is 0 Å². The maximum Gasteiger partial charge on any atom is 0.148 e. The Morgan fingerprint density at radius 1 is 1.40 bits per heavy atom. The van der Waals surface area contributed by atoms with Crippen LogP contribution in [0.2, 0.25) is 0 Å². The minimum atomic E-state index is 0.334. The third-order valence-electron chi connectivity index (χ3n) is 3.30. The molecular weight excluding hydrogens is 204 g/mol. The van der Waals surface area contributed by atoms with Gasteiger partial charge in [-0.3, -0.25) is 4.79 Å². The zero-order valence-corrected chi connectivity index (χ0v) is 10.9. The van der Waals surface area contributed by atoms with Gasteiger partial charge in [0.1, 0.15) is 5.78 Å². The normalized spacial score (nSPS) is 23.7. The zero-order valence-electron chi connectivity index (χ0n) is 10.1.